The molecule has 0 bridgehead atoms. The molecule has 0 saturated carbocycles. The van der Waals surface area contributed by atoms with Crippen LogP contribution in [0.1, 0.15) is 5.56 Å². The molecule has 0 unspecified atom stereocenters. The quantitative estimate of drug-likeness (QED) is 0.677. The van der Waals surface area contributed by atoms with E-state index in [9.17, 15) is 22.8 Å². The van der Waals surface area contributed by atoms with Gasteiger partial charge in [0.2, 0.25) is 0 Å². The zero-order chi connectivity index (χ0) is 16.8. The maximum absolute atomic E-state index is 11.9. The Bertz CT molecular complexity index is 548. The minimum absolute atomic E-state index is 0.150. The molecule has 0 heterocycles. The molecule has 2 amide bonds. The van der Waals surface area contributed by atoms with Gasteiger partial charge in [0.1, 0.15) is 0 Å². The molecular weight excluding hydrogens is 309 g/mol. The highest BCUT2D eigenvalue weighted by Gasteiger charge is 2.38. The third-order valence-corrected chi connectivity index (χ3v) is 2.34. The van der Waals surface area contributed by atoms with Crippen LogP contribution in [0.25, 0.3) is 0 Å². The molecule has 0 aliphatic rings. The van der Waals surface area contributed by atoms with Gasteiger partial charge in [0.05, 0.1) is 13.7 Å². The molecule has 0 atom stereocenters. The molecule has 0 saturated heterocycles. The molecule has 1 rings (SSSR count). The number of aliphatic hydroxyl groups is 1. The summed E-state index contributed by atoms with van der Waals surface area (Å²) in [4.78, 5) is 21.8. The Labute approximate surface area is 123 Å². The van der Waals surface area contributed by atoms with Crippen molar-refractivity contribution in [1.29, 1.82) is 0 Å². The summed E-state index contributed by atoms with van der Waals surface area (Å²) in [6.45, 7) is -0.867. The van der Waals surface area contributed by atoms with E-state index < -0.39 is 24.6 Å². The number of carbonyl (C=O) groups excluding carboxylic acids is 2. The van der Waals surface area contributed by atoms with Crippen molar-refractivity contribution in [2.75, 3.05) is 13.7 Å². The van der Waals surface area contributed by atoms with E-state index in [4.69, 9.17) is 14.6 Å². The lowest BCUT2D eigenvalue weighted by Gasteiger charge is -2.12. The molecule has 3 N–H and O–H groups in total. The summed E-state index contributed by atoms with van der Waals surface area (Å²) < 4.78 is 45.7. The average Bonchev–Trinajstić information content (AvgIpc) is 2.49. The predicted molar refractivity (Wildman–Crippen MR) is 66.8 cm³/mol. The minimum atomic E-state index is -5.10. The summed E-state index contributed by atoms with van der Waals surface area (Å²) in [6, 6.07) is 4.41. The highest BCUT2D eigenvalue weighted by molar-refractivity contribution is 5.85. The molecule has 0 fully saturated rings. The third-order valence-electron chi connectivity index (χ3n) is 2.34. The molecule has 0 aromatic heterocycles. The molecule has 0 aliphatic heterocycles. The van der Waals surface area contributed by atoms with Crippen LogP contribution in [-0.4, -0.2) is 36.8 Å². The first-order valence-corrected chi connectivity index (χ1v) is 5.84. The molecule has 0 spiro atoms. The van der Waals surface area contributed by atoms with Crippen molar-refractivity contribution < 1.29 is 37.3 Å². The molecule has 122 valence electrons. The van der Waals surface area contributed by atoms with E-state index >= 15 is 0 Å². The van der Waals surface area contributed by atoms with Gasteiger partial charge in [0, 0.05) is 0 Å². The fraction of sp³-hybridized carbons (Fsp3) is 0.333. The summed E-state index contributed by atoms with van der Waals surface area (Å²) in [5, 5.41) is 8.96. The van der Waals surface area contributed by atoms with Crippen LogP contribution in [0.3, 0.4) is 0 Å². The first-order valence-electron chi connectivity index (χ1n) is 5.84. The van der Waals surface area contributed by atoms with Gasteiger partial charge in [-0.05, 0) is 17.7 Å². The van der Waals surface area contributed by atoms with E-state index in [1.54, 1.807) is 5.43 Å². The number of benzene rings is 1. The fourth-order valence-corrected chi connectivity index (χ4v) is 1.31. The van der Waals surface area contributed by atoms with Crippen molar-refractivity contribution in [2.45, 2.75) is 12.8 Å². The Morgan fingerprint density at radius 3 is 2.45 bits per heavy atom. The van der Waals surface area contributed by atoms with Crippen LogP contribution in [0.2, 0.25) is 0 Å². The highest BCUT2D eigenvalue weighted by atomic mass is 19.4. The lowest BCUT2D eigenvalue weighted by molar-refractivity contribution is -0.175. The van der Waals surface area contributed by atoms with Crippen LogP contribution in [0.15, 0.2) is 18.2 Å². The molecule has 1 aromatic carbocycles. The Balaban J connectivity index is 2.52. The average molecular weight is 322 g/mol. The summed E-state index contributed by atoms with van der Waals surface area (Å²) in [5.41, 5.74) is 3.30. The van der Waals surface area contributed by atoms with Crippen molar-refractivity contribution in [3.05, 3.63) is 23.8 Å². The van der Waals surface area contributed by atoms with E-state index in [0.717, 1.165) is 0 Å². The maximum Gasteiger partial charge on any atom is 0.472 e. The lowest BCUT2D eigenvalue weighted by atomic mass is 10.2. The van der Waals surface area contributed by atoms with Gasteiger partial charge in [0.25, 0.3) is 5.91 Å². The van der Waals surface area contributed by atoms with Crippen molar-refractivity contribution in [2.24, 2.45) is 0 Å². The second kappa shape index (κ2) is 7.50. The molecule has 1 aromatic rings. The Kier molecular flexibility index (Phi) is 5.99. The van der Waals surface area contributed by atoms with Gasteiger partial charge < -0.3 is 14.6 Å². The van der Waals surface area contributed by atoms with Crippen molar-refractivity contribution in [3.63, 3.8) is 0 Å². The largest absolute Gasteiger partial charge is 0.493 e. The number of carbonyl (C=O) groups is 2. The monoisotopic (exact) mass is 322 g/mol. The SMILES string of the molecule is COc1cc(CO)ccc1OCC(=O)NNC(=O)C(F)(F)F. The summed E-state index contributed by atoms with van der Waals surface area (Å²) in [6.07, 6.45) is -5.10. The number of hydrazine groups is 1. The smallest absolute Gasteiger partial charge is 0.472 e. The van der Waals surface area contributed by atoms with Crippen LogP contribution < -0.4 is 20.3 Å². The fourth-order valence-electron chi connectivity index (χ4n) is 1.31. The number of hydrogen-bond donors (Lipinski definition) is 3. The van der Waals surface area contributed by atoms with Crippen molar-refractivity contribution >= 4 is 11.8 Å². The normalized spacial score (nSPS) is 10.8. The van der Waals surface area contributed by atoms with E-state index in [-0.39, 0.29) is 18.1 Å². The van der Waals surface area contributed by atoms with Crippen molar-refractivity contribution in [1.82, 2.24) is 10.9 Å². The van der Waals surface area contributed by atoms with E-state index in [1.165, 1.54) is 30.7 Å². The number of alkyl halides is 3. The van der Waals surface area contributed by atoms with E-state index in [0.29, 0.717) is 5.56 Å². The number of rotatable bonds is 5. The van der Waals surface area contributed by atoms with Gasteiger partial charge in [-0.3, -0.25) is 20.4 Å². The number of methoxy groups -OCH3 is 1. The summed E-state index contributed by atoms with van der Waals surface area (Å²) in [7, 11) is 1.34. The first kappa shape index (κ1) is 17.6. The maximum atomic E-state index is 11.9. The molecule has 0 radical (unpaired) electrons. The lowest BCUT2D eigenvalue weighted by Crippen LogP contribution is -2.49. The van der Waals surface area contributed by atoms with Crippen LogP contribution in [0.5, 0.6) is 11.5 Å². The molecule has 7 nitrogen and oxygen atoms in total. The second-order valence-corrected chi connectivity index (χ2v) is 3.93. The number of halogens is 3. The van der Waals surface area contributed by atoms with Crippen LogP contribution in [-0.2, 0) is 16.2 Å². The Hall–Kier alpha value is -2.49. The van der Waals surface area contributed by atoms with Crippen LogP contribution >= 0.6 is 0 Å². The molecular formula is C12H13F3N2O5. The number of ether oxygens (including phenoxy) is 2. The van der Waals surface area contributed by atoms with Gasteiger partial charge in [-0.25, -0.2) is 0 Å². The standard InChI is InChI=1S/C12H13F3N2O5/c1-21-9-4-7(5-18)2-3-8(9)22-6-10(19)16-17-11(20)12(13,14)15/h2-4,18H,5-6H2,1H3,(H,16,19)(H,17,20). The second-order valence-electron chi connectivity index (χ2n) is 3.93. The van der Waals surface area contributed by atoms with Gasteiger partial charge in [-0.2, -0.15) is 13.2 Å². The number of hydrogen-bond acceptors (Lipinski definition) is 5. The molecule has 10 heteroatoms. The van der Waals surface area contributed by atoms with Crippen LogP contribution in [0.4, 0.5) is 13.2 Å². The summed E-state index contributed by atoms with van der Waals surface area (Å²) >= 11 is 0. The third kappa shape index (κ3) is 5.13. The van der Waals surface area contributed by atoms with E-state index in [1.807, 2.05) is 0 Å². The molecule has 0 aliphatic carbocycles. The topological polar surface area (TPSA) is 96.9 Å². The number of amides is 2. The van der Waals surface area contributed by atoms with Gasteiger partial charge >= 0.3 is 12.1 Å². The van der Waals surface area contributed by atoms with E-state index in [2.05, 4.69) is 0 Å². The molecule has 22 heavy (non-hydrogen) atoms. The number of nitrogens with one attached hydrogen (secondary N) is 2. The highest BCUT2D eigenvalue weighted by Crippen LogP contribution is 2.27. The summed E-state index contributed by atoms with van der Waals surface area (Å²) in [5.74, 6) is -2.91. The van der Waals surface area contributed by atoms with Gasteiger partial charge in [-0.15, -0.1) is 0 Å². The number of aliphatic hydroxyl groups excluding tert-OH is 1. The van der Waals surface area contributed by atoms with Crippen LogP contribution in [0, 0.1) is 0 Å². The zero-order valence-electron chi connectivity index (χ0n) is 11.4. The predicted octanol–water partition coefficient (Wildman–Crippen LogP) is 0.276. The Morgan fingerprint density at radius 2 is 1.91 bits per heavy atom. The first-order chi connectivity index (χ1) is 10.3. The minimum Gasteiger partial charge on any atom is -0.493 e. The van der Waals surface area contributed by atoms with Crippen molar-refractivity contribution in [3.8, 4) is 11.5 Å². The van der Waals surface area contributed by atoms with Gasteiger partial charge in [0.15, 0.2) is 18.1 Å². The zero-order valence-corrected chi connectivity index (χ0v) is 11.4. The Morgan fingerprint density at radius 1 is 1.23 bits per heavy atom. The van der Waals surface area contributed by atoms with Gasteiger partial charge in [-0.1, -0.05) is 6.07 Å².